The maximum absolute atomic E-state index is 11.7. The standard InChI is InChI=1S/C13H19IO2S/c1-10(2)17(15,16)9-8-11(3)12-4-6-13(14)7-5-12/h4-7,10-11H,8-9H2,1-3H3/t11-/m0/s1. The zero-order valence-electron chi connectivity index (χ0n) is 10.5. The van der Waals surface area contributed by atoms with Crippen LogP contribution in [0, 0.1) is 3.57 Å². The van der Waals surface area contributed by atoms with Gasteiger partial charge in [-0.25, -0.2) is 8.42 Å². The van der Waals surface area contributed by atoms with Gasteiger partial charge in [-0.05, 0) is 66.5 Å². The molecule has 0 saturated carbocycles. The summed E-state index contributed by atoms with van der Waals surface area (Å²) in [4.78, 5) is 0. The molecular weight excluding hydrogens is 347 g/mol. The highest BCUT2D eigenvalue weighted by Gasteiger charge is 2.17. The largest absolute Gasteiger partial charge is 0.229 e. The molecule has 0 aliphatic heterocycles. The number of halogens is 1. The van der Waals surface area contributed by atoms with Crippen molar-refractivity contribution in [2.24, 2.45) is 0 Å². The molecule has 4 heteroatoms. The molecule has 0 fully saturated rings. The molecule has 0 radical (unpaired) electrons. The molecular formula is C13H19IO2S. The molecule has 0 N–H and O–H groups in total. The summed E-state index contributed by atoms with van der Waals surface area (Å²) in [5.41, 5.74) is 1.21. The van der Waals surface area contributed by atoms with Crippen molar-refractivity contribution >= 4 is 32.4 Å². The Labute approximate surface area is 118 Å². The van der Waals surface area contributed by atoms with Crippen molar-refractivity contribution in [1.29, 1.82) is 0 Å². The van der Waals surface area contributed by atoms with Gasteiger partial charge in [0.2, 0.25) is 0 Å². The predicted octanol–water partition coefficient (Wildman–Crippen LogP) is 3.61. The average molecular weight is 366 g/mol. The summed E-state index contributed by atoms with van der Waals surface area (Å²) in [7, 11) is -2.91. The van der Waals surface area contributed by atoms with Crippen LogP contribution in [0.3, 0.4) is 0 Å². The zero-order valence-corrected chi connectivity index (χ0v) is 13.5. The smallest absolute Gasteiger partial charge is 0.152 e. The van der Waals surface area contributed by atoms with E-state index in [1.165, 1.54) is 9.13 Å². The number of hydrogen-bond donors (Lipinski definition) is 0. The molecule has 0 unspecified atom stereocenters. The van der Waals surface area contributed by atoms with Gasteiger partial charge in [0.1, 0.15) is 0 Å². The fourth-order valence-electron chi connectivity index (χ4n) is 1.53. The Hall–Kier alpha value is -0.100. The van der Waals surface area contributed by atoms with E-state index in [0.717, 1.165) is 0 Å². The summed E-state index contributed by atoms with van der Waals surface area (Å²) in [5, 5.41) is -0.272. The van der Waals surface area contributed by atoms with E-state index < -0.39 is 9.84 Å². The van der Waals surface area contributed by atoms with E-state index in [4.69, 9.17) is 0 Å². The van der Waals surface area contributed by atoms with Crippen LogP contribution in [0.25, 0.3) is 0 Å². The van der Waals surface area contributed by atoms with Crippen LogP contribution in [-0.4, -0.2) is 19.4 Å². The minimum absolute atomic E-state index is 0.272. The third-order valence-corrected chi connectivity index (χ3v) is 5.95. The van der Waals surface area contributed by atoms with E-state index in [9.17, 15) is 8.42 Å². The third-order valence-electron chi connectivity index (χ3n) is 2.99. The summed E-state index contributed by atoms with van der Waals surface area (Å²) in [6.45, 7) is 5.56. The number of benzene rings is 1. The topological polar surface area (TPSA) is 34.1 Å². The van der Waals surface area contributed by atoms with Gasteiger partial charge >= 0.3 is 0 Å². The molecule has 1 aromatic carbocycles. The van der Waals surface area contributed by atoms with Gasteiger partial charge in [-0.1, -0.05) is 19.1 Å². The van der Waals surface area contributed by atoms with Gasteiger partial charge in [0.05, 0.1) is 11.0 Å². The van der Waals surface area contributed by atoms with Crippen molar-refractivity contribution < 1.29 is 8.42 Å². The Kier molecular flexibility index (Phi) is 5.44. The molecule has 0 aliphatic carbocycles. The van der Waals surface area contributed by atoms with Crippen LogP contribution in [0.4, 0.5) is 0 Å². The minimum Gasteiger partial charge on any atom is -0.229 e. The summed E-state index contributed by atoms with van der Waals surface area (Å²) in [6.07, 6.45) is 0.696. The van der Waals surface area contributed by atoms with Gasteiger partial charge in [-0.15, -0.1) is 0 Å². The van der Waals surface area contributed by atoms with Crippen molar-refractivity contribution in [3.05, 3.63) is 33.4 Å². The van der Waals surface area contributed by atoms with Crippen molar-refractivity contribution in [2.45, 2.75) is 38.4 Å². The van der Waals surface area contributed by atoms with Gasteiger partial charge in [0.25, 0.3) is 0 Å². The first-order valence-electron chi connectivity index (χ1n) is 5.80. The highest BCUT2D eigenvalue weighted by atomic mass is 127. The Morgan fingerprint density at radius 2 is 1.65 bits per heavy atom. The van der Waals surface area contributed by atoms with E-state index in [-0.39, 0.29) is 11.0 Å². The van der Waals surface area contributed by atoms with E-state index in [0.29, 0.717) is 12.3 Å². The molecule has 0 bridgehead atoms. The molecule has 96 valence electrons. The lowest BCUT2D eigenvalue weighted by atomic mass is 9.99. The minimum atomic E-state index is -2.91. The van der Waals surface area contributed by atoms with E-state index in [2.05, 4.69) is 53.8 Å². The molecule has 0 aliphatic rings. The number of hydrogen-bond acceptors (Lipinski definition) is 2. The molecule has 0 amide bonds. The Morgan fingerprint density at radius 1 is 1.12 bits per heavy atom. The number of sulfone groups is 1. The van der Waals surface area contributed by atoms with Crippen molar-refractivity contribution in [1.82, 2.24) is 0 Å². The van der Waals surface area contributed by atoms with Gasteiger partial charge in [0.15, 0.2) is 9.84 Å². The zero-order chi connectivity index (χ0) is 13.1. The quantitative estimate of drug-likeness (QED) is 0.747. The van der Waals surface area contributed by atoms with Crippen molar-refractivity contribution in [3.8, 4) is 0 Å². The van der Waals surface area contributed by atoms with Crippen LogP contribution >= 0.6 is 22.6 Å². The second kappa shape index (κ2) is 6.18. The second-order valence-corrected chi connectivity index (χ2v) is 8.58. The Bertz CT molecular complexity index is 449. The van der Waals surface area contributed by atoms with Crippen LogP contribution in [-0.2, 0) is 9.84 Å². The predicted molar refractivity (Wildman–Crippen MR) is 81.1 cm³/mol. The molecule has 1 atom stereocenters. The van der Waals surface area contributed by atoms with Crippen molar-refractivity contribution in [2.75, 3.05) is 5.75 Å². The second-order valence-electron chi connectivity index (χ2n) is 4.66. The summed E-state index contributed by atoms with van der Waals surface area (Å²) in [6, 6.07) is 8.27. The Morgan fingerprint density at radius 3 is 2.12 bits per heavy atom. The molecule has 0 aromatic heterocycles. The van der Waals surface area contributed by atoms with Gasteiger partial charge in [0, 0.05) is 3.57 Å². The van der Waals surface area contributed by atoms with Crippen LogP contribution in [0.2, 0.25) is 0 Å². The van der Waals surface area contributed by atoms with Crippen LogP contribution in [0.1, 0.15) is 38.7 Å². The first-order chi connectivity index (χ1) is 7.83. The van der Waals surface area contributed by atoms with E-state index >= 15 is 0 Å². The van der Waals surface area contributed by atoms with E-state index in [1.807, 2.05) is 0 Å². The SMILES string of the molecule is CC(C)S(=O)(=O)CC[C@H](C)c1ccc(I)cc1. The first kappa shape index (κ1) is 15.0. The monoisotopic (exact) mass is 366 g/mol. The summed E-state index contributed by atoms with van der Waals surface area (Å²) < 4.78 is 24.6. The fourth-order valence-corrected chi connectivity index (χ4v) is 3.05. The average Bonchev–Trinajstić information content (AvgIpc) is 2.27. The molecule has 0 saturated heterocycles. The molecule has 0 heterocycles. The van der Waals surface area contributed by atoms with Crippen LogP contribution in [0.15, 0.2) is 24.3 Å². The first-order valence-corrected chi connectivity index (χ1v) is 8.59. The van der Waals surface area contributed by atoms with Crippen molar-refractivity contribution in [3.63, 3.8) is 0 Å². The third kappa shape index (κ3) is 4.58. The number of rotatable bonds is 5. The van der Waals surface area contributed by atoms with Crippen LogP contribution < -0.4 is 0 Å². The van der Waals surface area contributed by atoms with E-state index in [1.54, 1.807) is 13.8 Å². The lowest BCUT2D eigenvalue weighted by molar-refractivity contribution is 0.580. The van der Waals surface area contributed by atoms with Gasteiger partial charge in [-0.3, -0.25) is 0 Å². The molecule has 17 heavy (non-hydrogen) atoms. The van der Waals surface area contributed by atoms with Gasteiger partial charge in [-0.2, -0.15) is 0 Å². The fraction of sp³-hybridized carbons (Fsp3) is 0.538. The Balaban J connectivity index is 2.62. The maximum atomic E-state index is 11.7. The van der Waals surface area contributed by atoms with Gasteiger partial charge < -0.3 is 0 Å². The lowest BCUT2D eigenvalue weighted by Crippen LogP contribution is -2.18. The summed E-state index contributed by atoms with van der Waals surface area (Å²) >= 11 is 2.27. The highest BCUT2D eigenvalue weighted by Crippen LogP contribution is 2.21. The summed E-state index contributed by atoms with van der Waals surface area (Å²) in [5.74, 6) is 0.568. The maximum Gasteiger partial charge on any atom is 0.152 e. The molecule has 1 aromatic rings. The molecule has 2 nitrogen and oxygen atoms in total. The molecule has 1 rings (SSSR count). The molecule has 0 spiro atoms. The van der Waals surface area contributed by atoms with Crippen LogP contribution in [0.5, 0.6) is 0 Å². The lowest BCUT2D eigenvalue weighted by Gasteiger charge is -2.13. The normalized spacial score (nSPS) is 13.9. The highest BCUT2D eigenvalue weighted by molar-refractivity contribution is 14.1.